The predicted molar refractivity (Wildman–Crippen MR) is 70.7 cm³/mol. The van der Waals surface area contributed by atoms with E-state index in [0.29, 0.717) is 0 Å². The van der Waals surface area contributed by atoms with Gasteiger partial charge < -0.3 is 5.32 Å². The first-order valence-corrected chi connectivity index (χ1v) is 5.63. The molecule has 2 aromatic rings. The molecule has 17 heavy (non-hydrogen) atoms. The van der Waals surface area contributed by atoms with E-state index >= 15 is 0 Å². The lowest BCUT2D eigenvalue weighted by Crippen LogP contribution is -2.24. The molecule has 1 N–H and O–H groups in total. The lowest BCUT2D eigenvalue weighted by atomic mass is 10.00. The molecule has 0 aliphatic heterocycles. The van der Waals surface area contributed by atoms with Crippen LogP contribution in [0.4, 0.5) is 0 Å². The van der Waals surface area contributed by atoms with Gasteiger partial charge in [-0.1, -0.05) is 49.0 Å². The van der Waals surface area contributed by atoms with Crippen molar-refractivity contribution in [1.82, 2.24) is 5.32 Å². The summed E-state index contributed by atoms with van der Waals surface area (Å²) < 4.78 is 0. The Bertz CT molecular complexity index is 554. The number of rotatable bonds is 3. The van der Waals surface area contributed by atoms with Crippen LogP contribution in [0.2, 0.25) is 0 Å². The summed E-state index contributed by atoms with van der Waals surface area (Å²) in [7, 11) is 0. The Hall–Kier alpha value is -2.09. The third-order valence-electron chi connectivity index (χ3n) is 2.83. The van der Waals surface area contributed by atoms with Crippen LogP contribution in [-0.2, 0) is 4.79 Å². The molecular weight excluding hydrogens is 210 g/mol. The van der Waals surface area contributed by atoms with Crippen molar-refractivity contribution < 1.29 is 4.79 Å². The molecule has 0 saturated carbocycles. The minimum absolute atomic E-state index is 0.0217. The maximum absolute atomic E-state index is 11.3. The Kier molecular flexibility index (Phi) is 3.24. The van der Waals surface area contributed by atoms with Crippen LogP contribution >= 0.6 is 0 Å². The van der Waals surface area contributed by atoms with Gasteiger partial charge in [-0.25, -0.2) is 0 Å². The number of nitrogens with one attached hydrogen (secondary N) is 1. The van der Waals surface area contributed by atoms with Crippen molar-refractivity contribution in [2.75, 3.05) is 0 Å². The maximum atomic E-state index is 11.3. The van der Waals surface area contributed by atoms with Crippen LogP contribution in [0.15, 0.2) is 55.1 Å². The molecule has 1 atom stereocenters. The summed E-state index contributed by atoms with van der Waals surface area (Å²) in [4.78, 5) is 11.3. The molecule has 2 heteroatoms. The Morgan fingerprint density at radius 2 is 1.94 bits per heavy atom. The highest BCUT2D eigenvalue weighted by atomic mass is 16.1. The predicted octanol–water partition coefficient (Wildman–Crippen LogP) is 3.20. The quantitative estimate of drug-likeness (QED) is 0.798. The highest BCUT2D eigenvalue weighted by Crippen LogP contribution is 2.23. The number of amides is 1. The Morgan fingerprint density at radius 1 is 1.24 bits per heavy atom. The first kappa shape index (κ1) is 11.4. The molecular formula is C15H15NO. The smallest absolute Gasteiger partial charge is 0.243 e. The van der Waals surface area contributed by atoms with E-state index in [1.807, 2.05) is 31.2 Å². The SMILES string of the molecule is C=CC(=O)NC(C)c1cccc2ccccc12. The zero-order chi connectivity index (χ0) is 12.3. The summed E-state index contributed by atoms with van der Waals surface area (Å²) in [6.07, 6.45) is 1.29. The molecule has 1 unspecified atom stereocenters. The third-order valence-corrected chi connectivity index (χ3v) is 2.83. The summed E-state index contributed by atoms with van der Waals surface area (Å²) in [5.74, 6) is -0.148. The van der Waals surface area contributed by atoms with E-state index in [1.54, 1.807) is 0 Å². The van der Waals surface area contributed by atoms with E-state index in [9.17, 15) is 4.79 Å². The number of hydrogen-bond acceptors (Lipinski definition) is 1. The van der Waals surface area contributed by atoms with E-state index in [1.165, 1.54) is 16.8 Å². The first-order chi connectivity index (χ1) is 8.22. The molecule has 0 aliphatic carbocycles. The van der Waals surface area contributed by atoms with Gasteiger partial charge >= 0.3 is 0 Å². The second kappa shape index (κ2) is 4.83. The third kappa shape index (κ3) is 2.36. The lowest BCUT2D eigenvalue weighted by Gasteiger charge is -2.15. The first-order valence-electron chi connectivity index (χ1n) is 5.63. The highest BCUT2D eigenvalue weighted by Gasteiger charge is 2.09. The van der Waals surface area contributed by atoms with E-state index in [4.69, 9.17) is 0 Å². The van der Waals surface area contributed by atoms with Crippen molar-refractivity contribution in [3.8, 4) is 0 Å². The maximum Gasteiger partial charge on any atom is 0.243 e. The lowest BCUT2D eigenvalue weighted by molar-refractivity contribution is -0.117. The van der Waals surface area contributed by atoms with E-state index < -0.39 is 0 Å². The van der Waals surface area contributed by atoms with Crippen LogP contribution in [0.25, 0.3) is 10.8 Å². The zero-order valence-electron chi connectivity index (χ0n) is 9.81. The second-order valence-corrected chi connectivity index (χ2v) is 4.00. The van der Waals surface area contributed by atoms with Crippen molar-refractivity contribution in [2.45, 2.75) is 13.0 Å². The van der Waals surface area contributed by atoms with Gasteiger partial charge in [-0.05, 0) is 29.3 Å². The second-order valence-electron chi connectivity index (χ2n) is 4.00. The van der Waals surface area contributed by atoms with Crippen molar-refractivity contribution >= 4 is 16.7 Å². The molecule has 0 bridgehead atoms. The molecule has 2 rings (SSSR count). The summed E-state index contributed by atoms with van der Waals surface area (Å²) in [5, 5.41) is 5.24. The molecule has 0 spiro atoms. The van der Waals surface area contributed by atoms with Gasteiger partial charge in [0.05, 0.1) is 6.04 Å². The molecule has 0 aromatic heterocycles. The summed E-state index contributed by atoms with van der Waals surface area (Å²) in [6, 6.07) is 14.3. The Morgan fingerprint density at radius 3 is 2.71 bits per heavy atom. The van der Waals surface area contributed by atoms with Crippen molar-refractivity contribution in [3.05, 3.63) is 60.7 Å². The molecule has 2 aromatic carbocycles. The monoisotopic (exact) mass is 225 g/mol. The average molecular weight is 225 g/mol. The van der Waals surface area contributed by atoms with Crippen molar-refractivity contribution in [1.29, 1.82) is 0 Å². The number of benzene rings is 2. The minimum Gasteiger partial charge on any atom is -0.346 e. The number of carbonyl (C=O) groups excluding carboxylic acids is 1. The summed E-state index contributed by atoms with van der Waals surface area (Å²) in [5.41, 5.74) is 1.12. The normalized spacial score (nSPS) is 12.1. The fourth-order valence-corrected chi connectivity index (χ4v) is 1.98. The number of hydrogen-bond donors (Lipinski definition) is 1. The highest BCUT2D eigenvalue weighted by molar-refractivity contribution is 5.89. The van der Waals surface area contributed by atoms with Crippen LogP contribution in [0.1, 0.15) is 18.5 Å². The van der Waals surface area contributed by atoms with Crippen LogP contribution in [-0.4, -0.2) is 5.91 Å². The van der Waals surface area contributed by atoms with Crippen molar-refractivity contribution in [2.24, 2.45) is 0 Å². The number of carbonyl (C=O) groups is 1. The van der Waals surface area contributed by atoms with Gasteiger partial charge in [0.25, 0.3) is 0 Å². The average Bonchev–Trinajstić information content (AvgIpc) is 2.37. The topological polar surface area (TPSA) is 29.1 Å². The molecule has 86 valence electrons. The molecule has 0 radical (unpaired) electrons. The Labute approximate surface area is 101 Å². The minimum atomic E-state index is -0.148. The van der Waals surface area contributed by atoms with Crippen LogP contribution in [0.3, 0.4) is 0 Å². The van der Waals surface area contributed by atoms with Gasteiger partial charge in [0.15, 0.2) is 0 Å². The van der Waals surface area contributed by atoms with Gasteiger partial charge in [-0.2, -0.15) is 0 Å². The van der Waals surface area contributed by atoms with Gasteiger partial charge in [0.1, 0.15) is 0 Å². The molecule has 2 nitrogen and oxygen atoms in total. The van der Waals surface area contributed by atoms with Gasteiger partial charge in [0.2, 0.25) is 5.91 Å². The molecule has 0 aliphatic rings. The summed E-state index contributed by atoms with van der Waals surface area (Å²) >= 11 is 0. The largest absolute Gasteiger partial charge is 0.346 e. The summed E-state index contributed by atoms with van der Waals surface area (Å²) in [6.45, 7) is 5.43. The van der Waals surface area contributed by atoms with Gasteiger partial charge in [-0.3, -0.25) is 4.79 Å². The molecule has 1 amide bonds. The van der Waals surface area contributed by atoms with Crippen LogP contribution in [0.5, 0.6) is 0 Å². The fraction of sp³-hybridized carbons (Fsp3) is 0.133. The molecule has 0 saturated heterocycles. The standard InChI is InChI=1S/C15H15NO/c1-3-15(17)16-11(2)13-10-6-8-12-7-4-5-9-14(12)13/h3-11H,1H2,2H3,(H,16,17). The number of fused-ring (bicyclic) bond motifs is 1. The van der Waals surface area contributed by atoms with E-state index in [-0.39, 0.29) is 11.9 Å². The zero-order valence-corrected chi connectivity index (χ0v) is 9.81. The molecule has 0 heterocycles. The van der Waals surface area contributed by atoms with Crippen LogP contribution in [0, 0.1) is 0 Å². The Balaban J connectivity index is 2.41. The molecule has 0 fully saturated rings. The van der Waals surface area contributed by atoms with E-state index in [0.717, 1.165) is 5.56 Å². The van der Waals surface area contributed by atoms with E-state index in [2.05, 4.69) is 30.1 Å². The van der Waals surface area contributed by atoms with Crippen LogP contribution < -0.4 is 5.32 Å². The van der Waals surface area contributed by atoms with Gasteiger partial charge in [-0.15, -0.1) is 0 Å². The van der Waals surface area contributed by atoms with Crippen molar-refractivity contribution in [3.63, 3.8) is 0 Å². The van der Waals surface area contributed by atoms with Gasteiger partial charge in [0, 0.05) is 0 Å². The fourth-order valence-electron chi connectivity index (χ4n) is 1.98.